The predicted octanol–water partition coefficient (Wildman–Crippen LogP) is 5.07. The number of anilines is 3. The average Bonchev–Trinajstić information content (AvgIpc) is 4.00. The predicted molar refractivity (Wildman–Crippen MR) is 241 cm³/mol. The van der Waals surface area contributed by atoms with Crippen LogP contribution in [0, 0.1) is 5.92 Å². The highest BCUT2D eigenvalue weighted by Gasteiger charge is 2.46. The van der Waals surface area contributed by atoms with Crippen LogP contribution in [-0.4, -0.2) is 134 Å². The molecule has 6 aliphatic heterocycles. The molecule has 0 bridgehead atoms. The van der Waals surface area contributed by atoms with E-state index < -0.39 is 36.1 Å². The third-order valence-electron chi connectivity index (χ3n) is 14.8. The van der Waals surface area contributed by atoms with Crippen molar-refractivity contribution in [1.29, 1.82) is 0 Å². The lowest BCUT2D eigenvalue weighted by Crippen LogP contribution is -2.54. The lowest BCUT2D eigenvalue weighted by molar-refractivity contribution is -0.136. The highest BCUT2D eigenvalue weighted by atomic mass is 19.3. The summed E-state index contributed by atoms with van der Waals surface area (Å²) < 4.78 is 33.3. The second-order valence-electron chi connectivity index (χ2n) is 18.8. The number of benzene rings is 2. The Balaban J connectivity index is 0.752. The molecule has 5 amide bonds. The number of carbonyl (C=O) groups excluding carboxylic acids is 5. The maximum absolute atomic E-state index is 14.7. The molecule has 66 heavy (non-hydrogen) atoms. The lowest BCUT2D eigenvalue weighted by Gasteiger charge is -2.36. The molecule has 3 saturated heterocycles. The summed E-state index contributed by atoms with van der Waals surface area (Å²) in [6.07, 6.45) is 7.17. The van der Waals surface area contributed by atoms with Crippen LogP contribution in [0.5, 0.6) is 0 Å². The number of halogens is 2. The van der Waals surface area contributed by atoms with Gasteiger partial charge in [-0.3, -0.25) is 43.6 Å². The minimum atomic E-state index is -2.66. The molecule has 2 N–H and O–H groups in total. The van der Waals surface area contributed by atoms with E-state index >= 15 is 0 Å². The van der Waals surface area contributed by atoms with Crippen LogP contribution in [0.1, 0.15) is 107 Å². The topological polar surface area (TPSA) is 161 Å². The van der Waals surface area contributed by atoms with Crippen molar-refractivity contribution in [3.05, 3.63) is 76.2 Å². The summed E-state index contributed by atoms with van der Waals surface area (Å²) in [5.41, 5.74) is 6.25. The maximum atomic E-state index is 14.7. The van der Waals surface area contributed by atoms with Crippen LogP contribution < -0.4 is 15.5 Å². The first-order valence-corrected chi connectivity index (χ1v) is 23.5. The Hall–Kier alpha value is -6.01. The number of alkyl halides is 2. The molecule has 3 fully saturated rings. The number of aromatic nitrogens is 4. The van der Waals surface area contributed by atoms with Crippen LogP contribution in [0.25, 0.3) is 11.1 Å². The molecule has 2 aromatic heterocycles. The van der Waals surface area contributed by atoms with E-state index in [1.54, 1.807) is 55.3 Å². The molecule has 1 atom stereocenters. The number of imide groups is 2. The van der Waals surface area contributed by atoms with Gasteiger partial charge >= 0.3 is 0 Å². The Morgan fingerprint density at radius 2 is 1.65 bits per heavy atom. The molecule has 8 heterocycles. The van der Waals surface area contributed by atoms with Crippen molar-refractivity contribution in [2.24, 2.45) is 13.0 Å². The van der Waals surface area contributed by atoms with Crippen LogP contribution in [0.4, 0.5) is 26.0 Å². The van der Waals surface area contributed by atoms with E-state index in [0.29, 0.717) is 55.3 Å². The monoisotopic (exact) mass is 905 g/mol. The highest BCUT2D eigenvalue weighted by molar-refractivity contribution is 6.25. The normalized spacial score (nSPS) is 21.1. The molecule has 10 rings (SSSR count). The van der Waals surface area contributed by atoms with Crippen molar-refractivity contribution < 1.29 is 32.8 Å². The van der Waals surface area contributed by atoms with Gasteiger partial charge in [-0.2, -0.15) is 10.2 Å². The number of likely N-dealkylation sites (tertiary alicyclic amines) is 2. The molecule has 18 heteroatoms. The molecule has 0 spiro atoms. The highest BCUT2D eigenvalue weighted by Crippen LogP contribution is 2.44. The molecule has 16 nitrogen and oxygen atoms in total. The maximum Gasteiger partial charge on any atom is 0.264 e. The van der Waals surface area contributed by atoms with Gasteiger partial charge in [-0.25, -0.2) is 8.78 Å². The van der Waals surface area contributed by atoms with Crippen molar-refractivity contribution in [3.8, 4) is 11.1 Å². The van der Waals surface area contributed by atoms with E-state index in [9.17, 15) is 32.8 Å². The van der Waals surface area contributed by atoms with Crippen molar-refractivity contribution in [2.75, 3.05) is 69.1 Å². The second kappa shape index (κ2) is 18.0. The minimum Gasteiger partial charge on any atom is -0.384 e. The Morgan fingerprint density at radius 1 is 0.894 bits per heavy atom. The van der Waals surface area contributed by atoms with Gasteiger partial charge in [-0.15, -0.1) is 0 Å². The lowest BCUT2D eigenvalue weighted by atomic mass is 9.92. The van der Waals surface area contributed by atoms with Gasteiger partial charge in [0, 0.05) is 113 Å². The number of nitrogens with one attached hydrogen (secondary N) is 2. The van der Waals surface area contributed by atoms with Gasteiger partial charge in [-0.05, 0) is 99.3 Å². The van der Waals surface area contributed by atoms with Crippen LogP contribution in [0.2, 0.25) is 0 Å². The Kier molecular flexibility index (Phi) is 12.0. The van der Waals surface area contributed by atoms with Crippen molar-refractivity contribution in [3.63, 3.8) is 0 Å². The molecule has 0 radical (unpaired) electrons. The fourth-order valence-electron chi connectivity index (χ4n) is 11.1. The van der Waals surface area contributed by atoms with Crippen LogP contribution in [0.3, 0.4) is 0 Å². The zero-order valence-corrected chi connectivity index (χ0v) is 37.6. The van der Waals surface area contributed by atoms with Gasteiger partial charge in [-0.1, -0.05) is 6.07 Å². The van der Waals surface area contributed by atoms with Crippen LogP contribution >= 0.6 is 0 Å². The number of aryl methyl sites for hydroxylation is 2. The third-order valence-corrected chi connectivity index (χ3v) is 14.8. The van der Waals surface area contributed by atoms with Gasteiger partial charge in [0.2, 0.25) is 17.7 Å². The molecular weight excluding hydrogens is 849 g/mol. The molecule has 4 aromatic rings. The van der Waals surface area contributed by atoms with Crippen molar-refractivity contribution in [2.45, 2.75) is 89.8 Å². The Morgan fingerprint density at radius 3 is 2.35 bits per heavy atom. The zero-order chi connectivity index (χ0) is 45.8. The van der Waals surface area contributed by atoms with E-state index in [1.807, 2.05) is 11.0 Å². The molecule has 6 aliphatic rings. The SMILES string of the molecule is CC(=O)N1CCc2c(c(N3CCCc4cc(-c5cnn(C)c5)c(C(F)F)cc43)nn2C2CCN(CCN3CCC(CNc4cccc5c4C(=O)N(C4CCC(=O)NC4=O)C5=O)CC3)CC2)C1. The van der Waals surface area contributed by atoms with Gasteiger partial charge in [0.25, 0.3) is 18.2 Å². The minimum absolute atomic E-state index is 0.0155. The summed E-state index contributed by atoms with van der Waals surface area (Å²) in [5.74, 6) is -0.843. The average molecular weight is 906 g/mol. The summed E-state index contributed by atoms with van der Waals surface area (Å²) >= 11 is 0. The molecule has 348 valence electrons. The fraction of sp³-hybridized carbons (Fsp3) is 0.521. The number of fused-ring (bicyclic) bond motifs is 3. The van der Waals surface area contributed by atoms with Crippen molar-refractivity contribution in [1.82, 2.24) is 44.5 Å². The van der Waals surface area contributed by atoms with E-state index in [0.717, 1.165) is 111 Å². The third kappa shape index (κ3) is 8.26. The number of hydrogen-bond donors (Lipinski definition) is 2. The zero-order valence-electron chi connectivity index (χ0n) is 37.6. The summed E-state index contributed by atoms with van der Waals surface area (Å²) in [5, 5.41) is 15.3. The first-order chi connectivity index (χ1) is 31.9. The number of piperidine rings is 3. The first-order valence-electron chi connectivity index (χ1n) is 23.5. The summed E-state index contributed by atoms with van der Waals surface area (Å²) in [4.78, 5) is 73.8. The number of carbonyl (C=O) groups is 5. The number of hydrogen-bond acceptors (Lipinski definition) is 11. The van der Waals surface area contributed by atoms with E-state index in [1.165, 1.54) is 0 Å². The number of amides is 5. The second-order valence-corrected chi connectivity index (χ2v) is 18.8. The van der Waals surface area contributed by atoms with Crippen molar-refractivity contribution >= 4 is 46.7 Å². The summed E-state index contributed by atoms with van der Waals surface area (Å²) in [6.45, 7) is 9.77. The molecular formula is C48H57F2N11O5. The molecule has 2 aromatic carbocycles. The summed E-state index contributed by atoms with van der Waals surface area (Å²) in [7, 11) is 1.78. The number of rotatable bonds is 11. The van der Waals surface area contributed by atoms with Gasteiger partial charge < -0.3 is 24.9 Å². The number of nitrogens with zero attached hydrogens (tertiary/aromatic N) is 9. The molecule has 0 saturated carbocycles. The summed E-state index contributed by atoms with van der Waals surface area (Å²) in [6, 6.07) is 7.93. The first kappa shape index (κ1) is 43.9. The van der Waals surface area contributed by atoms with Crippen LogP contribution in [0.15, 0.2) is 42.7 Å². The van der Waals surface area contributed by atoms with E-state index in [2.05, 4.69) is 35.1 Å². The smallest absolute Gasteiger partial charge is 0.264 e. The largest absolute Gasteiger partial charge is 0.384 e. The van der Waals surface area contributed by atoms with Crippen LogP contribution in [-0.2, 0) is 40.8 Å². The standard InChI is InChI=1S/C48H57F2N11O5/c1-29(62)58-20-14-39-37(28-58)45(59-15-4-5-31-23-35(32-26-52-55(2)27-32)36(44(49)50)24-41(31)59)54-61(39)33-12-18-57(19-13-33)22-21-56-16-10-30(11-17-56)25-51-38-7-3-6-34-43(38)48(66)60(47(34)65)40-8-9-42(63)53-46(40)64/h3,6-7,23-24,26-27,30,33,40,44,51H,4-5,8-22,25,28H2,1-2H3,(H,53,63,64). The quantitative estimate of drug-likeness (QED) is 0.194. The van der Waals surface area contributed by atoms with Gasteiger partial charge in [0.1, 0.15) is 6.04 Å². The molecule has 0 aliphatic carbocycles. The Bertz CT molecular complexity index is 2580. The van der Waals surface area contributed by atoms with E-state index in [4.69, 9.17) is 5.10 Å². The van der Waals surface area contributed by atoms with Gasteiger partial charge in [0.05, 0.1) is 29.9 Å². The Labute approximate surface area is 382 Å². The van der Waals surface area contributed by atoms with Gasteiger partial charge in [0.15, 0.2) is 5.82 Å². The van der Waals surface area contributed by atoms with E-state index in [-0.39, 0.29) is 41.5 Å². The fourth-order valence-corrected chi connectivity index (χ4v) is 11.1. The molecule has 1 unspecified atom stereocenters.